The molecule has 6 heteroatoms. The van der Waals surface area contributed by atoms with Crippen molar-refractivity contribution < 1.29 is 23.8 Å². The number of nitrogens with zero attached hydrogens (tertiary/aromatic N) is 1. The van der Waals surface area contributed by atoms with Crippen molar-refractivity contribution in [3.8, 4) is 0 Å². The minimum Gasteiger partial charge on any atom is -0.459 e. The van der Waals surface area contributed by atoms with Gasteiger partial charge in [0.1, 0.15) is 25.4 Å². The molecule has 6 nitrogen and oxygen atoms in total. The van der Waals surface area contributed by atoms with Gasteiger partial charge in [0.25, 0.3) is 0 Å². The first-order valence-electron chi connectivity index (χ1n) is 8.56. The van der Waals surface area contributed by atoms with E-state index in [2.05, 4.69) is 0 Å². The van der Waals surface area contributed by atoms with Gasteiger partial charge < -0.3 is 14.2 Å². The normalized spacial score (nSPS) is 23.2. The molecular weight excluding hydrogens is 334 g/mol. The van der Waals surface area contributed by atoms with E-state index in [-0.39, 0.29) is 25.4 Å². The molecular formula is C20H19NO5. The Morgan fingerprint density at radius 2 is 1.50 bits per heavy atom. The Hall–Kier alpha value is -2.86. The third-order valence-corrected chi connectivity index (χ3v) is 4.55. The molecule has 0 spiro atoms. The lowest BCUT2D eigenvalue weighted by molar-refractivity contribution is -0.151. The average molecular weight is 353 g/mol. The van der Waals surface area contributed by atoms with Crippen LogP contribution in [-0.2, 0) is 32.2 Å². The van der Waals surface area contributed by atoms with Crippen molar-refractivity contribution in [2.45, 2.75) is 31.5 Å². The summed E-state index contributed by atoms with van der Waals surface area (Å²) in [5, 5.41) is 0. The first-order chi connectivity index (χ1) is 12.7. The Kier molecular flexibility index (Phi) is 4.58. The molecule has 2 aliphatic rings. The predicted octanol–water partition coefficient (Wildman–Crippen LogP) is 2.52. The van der Waals surface area contributed by atoms with E-state index >= 15 is 0 Å². The molecule has 2 aliphatic heterocycles. The minimum atomic E-state index is -0.744. The maximum Gasteiger partial charge on any atom is 0.411 e. The molecule has 2 fully saturated rings. The number of carbonyl (C=O) groups is 2. The second-order valence-electron chi connectivity index (χ2n) is 6.37. The Balaban J connectivity index is 1.35. The van der Waals surface area contributed by atoms with Gasteiger partial charge in [-0.3, -0.25) is 4.90 Å². The number of benzene rings is 2. The minimum absolute atomic E-state index is 0.103. The summed E-state index contributed by atoms with van der Waals surface area (Å²) in [4.78, 5) is 26.3. The maximum absolute atomic E-state index is 12.5. The van der Waals surface area contributed by atoms with Gasteiger partial charge in [-0.2, -0.15) is 0 Å². The maximum atomic E-state index is 12.5. The second kappa shape index (κ2) is 7.17. The number of fused-ring (bicyclic) bond motifs is 1. The van der Waals surface area contributed by atoms with Crippen molar-refractivity contribution in [2.24, 2.45) is 0 Å². The van der Waals surface area contributed by atoms with E-state index in [0.717, 1.165) is 11.1 Å². The van der Waals surface area contributed by atoms with Crippen LogP contribution < -0.4 is 0 Å². The van der Waals surface area contributed by atoms with Gasteiger partial charge in [-0.25, -0.2) is 9.59 Å². The lowest BCUT2D eigenvalue weighted by atomic mass is 10.2. The average Bonchev–Trinajstić information content (AvgIpc) is 3.35. The monoisotopic (exact) mass is 353 g/mol. The van der Waals surface area contributed by atoms with E-state index in [1.165, 1.54) is 4.90 Å². The van der Waals surface area contributed by atoms with Crippen molar-refractivity contribution in [3.63, 3.8) is 0 Å². The number of amides is 1. The third-order valence-electron chi connectivity index (χ3n) is 4.55. The zero-order valence-electron chi connectivity index (χ0n) is 14.1. The molecule has 1 amide bonds. The van der Waals surface area contributed by atoms with Gasteiger partial charge in [0.05, 0.1) is 6.54 Å². The predicted molar refractivity (Wildman–Crippen MR) is 92.0 cm³/mol. The molecule has 2 unspecified atom stereocenters. The van der Waals surface area contributed by atoms with Gasteiger partial charge in [-0.15, -0.1) is 0 Å². The first-order valence-corrected chi connectivity index (χ1v) is 8.56. The number of epoxide rings is 1. The summed E-state index contributed by atoms with van der Waals surface area (Å²) in [6, 6.07) is 18.1. The number of rotatable bonds is 5. The van der Waals surface area contributed by atoms with Crippen LogP contribution >= 0.6 is 0 Å². The lowest BCUT2D eigenvalue weighted by Crippen LogP contribution is -2.45. The Morgan fingerprint density at radius 1 is 0.923 bits per heavy atom. The summed E-state index contributed by atoms with van der Waals surface area (Å²) in [5.41, 5.74) is 1.79. The molecule has 2 aromatic carbocycles. The van der Waals surface area contributed by atoms with Gasteiger partial charge in [-0.05, 0) is 11.1 Å². The van der Waals surface area contributed by atoms with Crippen LogP contribution in [0.1, 0.15) is 11.1 Å². The van der Waals surface area contributed by atoms with E-state index in [0.29, 0.717) is 6.54 Å². The second-order valence-corrected chi connectivity index (χ2v) is 6.37. The van der Waals surface area contributed by atoms with E-state index in [1.54, 1.807) is 0 Å². The summed E-state index contributed by atoms with van der Waals surface area (Å²) in [6.07, 6.45) is -0.914. The smallest absolute Gasteiger partial charge is 0.411 e. The summed E-state index contributed by atoms with van der Waals surface area (Å²) in [5.74, 6) is -0.462. The van der Waals surface area contributed by atoms with Crippen LogP contribution in [0.3, 0.4) is 0 Å². The number of hydrogen-bond acceptors (Lipinski definition) is 5. The number of ether oxygens (including phenoxy) is 3. The molecule has 0 radical (unpaired) electrons. The Bertz CT molecular complexity index is 779. The van der Waals surface area contributed by atoms with Crippen LogP contribution in [0.15, 0.2) is 60.7 Å². The molecule has 2 heterocycles. The number of likely N-dealkylation sites (tertiary alicyclic amines) is 1. The van der Waals surface area contributed by atoms with Crippen LogP contribution in [0, 0.1) is 0 Å². The summed E-state index contributed by atoms with van der Waals surface area (Å²) in [6.45, 7) is 0.683. The van der Waals surface area contributed by atoms with Gasteiger partial charge in [0.2, 0.25) is 0 Å². The van der Waals surface area contributed by atoms with Crippen molar-refractivity contribution in [1.29, 1.82) is 0 Å². The number of morpholine rings is 1. The highest BCUT2D eigenvalue weighted by atomic mass is 16.6. The van der Waals surface area contributed by atoms with Gasteiger partial charge in [0.15, 0.2) is 6.04 Å². The molecule has 0 saturated carbocycles. The fraction of sp³-hybridized carbons (Fsp3) is 0.300. The van der Waals surface area contributed by atoms with Gasteiger partial charge >= 0.3 is 12.1 Å². The standard InChI is InChI=1S/C20H19NO5/c22-19(24-12-14-7-3-1-4-8-14)17-18-16(26-18)11-21(17)20(23)25-13-15-9-5-2-6-10-15/h1-10,16-18H,11-13H2/t16?,17-,18?/m0/s1. The highest BCUT2D eigenvalue weighted by Gasteiger charge is 2.60. The van der Waals surface area contributed by atoms with Crippen LogP contribution in [0.5, 0.6) is 0 Å². The largest absolute Gasteiger partial charge is 0.459 e. The molecule has 3 atom stereocenters. The quantitative estimate of drug-likeness (QED) is 0.610. The number of esters is 1. The molecule has 0 aromatic heterocycles. The molecule has 2 aromatic rings. The molecule has 4 rings (SSSR count). The zero-order valence-corrected chi connectivity index (χ0v) is 14.1. The molecule has 0 aliphatic carbocycles. The number of carbonyl (C=O) groups excluding carboxylic acids is 2. The fourth-order valence-electron chi connectivity index (χ4n) is 3.13. The van der Waals surface area contributed by atoms with E-state index < -0.39 is 18.1 Å². The van der Waals surface area contributed by atoms with Crippen LogP contribution in [-0.4, -0.2) is 41.8 Å². The molecule has 2 saturated heterocycles. The molecule has 134 valence electrons. The topological polar surface area (TPSA) is 68.4 Å². The zero-order chi connectivity index (χ0) is 17.9. The lowest BCUT2D eigenvalue weighted by Gasteiger charge is -2.24. The van der Waals surface area contributed by atoms with Crippen molar-refractivity contribution in [1.82, 2.24) is 4.90 Å². The van der Waals surface area contributed by atoms with Crippen molar-refractivity contribution in [3.05, 3.63) is 71.8 Å². The van der Waals surface area contributed by atoms with Crippen molar-refractivity contribution >= 4 is 12.1 Å². The summed E-state index contributed by atoms with van der Waals surface area (Å²) >= 11 is 0. The highest BCUT2D eigenvalue weighted by molar-refractivity contribution is 5.84. The van der Waals surface area contributed by atoms with Crippen LogP contribution in [0.2, 0.25) is 0 Å². The first kappa shape index (κ1) is 16.6. The third kappa shape index (κ3) is 3.55. The molecule has 0 N–H and O–H groups in total. The van der Waals surface area contributed by atoms with Gasteiger partial charge in [-0.1, -0.05) is 60.7 Å². The Morgan fingerprint density at radius 3 is 2.12 bits per heavy atom. The Labute approximate surface area is 151 Å². The van der Waals surface area contributed by atoms with E-state index in [4.69, 9.17) is 14.2 Å². The van der Waals surface area contributed by atoms with Crippen molar-refractivity contribution in [2.75, 3.05) is 6.54 Å². The molecule has 26 heavy (non-hydrogen) atoms. The summed E-state index contributed by atoms with van der Waals surface area (Å²) in [7, 11) is 0. The fourth-order valence-corrected chi connectivity index (χ4v) is 3.13. The van der Waals surface area contributed by atoms with Crippen LogP contribution in [0.4, 0.5) is 4.79 Å². The SMILES string of the molecule is O=C(OCc1ccccc1)[C@@H]1C2OC2CN1C(=O)OCc1ccccc1. The van der Waals surface area contributed by atoms with Crippen LogP contribution in [0.25, 0.3) is 0 Å². The highest BCUT2D eigenvalue weighted by Crippen LogP contribution is 2.37. The van der Waals surface area contributed by atoms with E-state index in [1.807, 2.05) is 60.7 Å². The summed E-state index contributed by atoms with van der Waals surface area (Å²) < 4.78 is 16.2. The van der Waals surface area contributed by atoms with E-state index in [9.17, 15) is 9.59 Å². The molecule has 0 bridgehead atoms. The van der Waals surface area contributed by atoms with Gasteiger partial charge in [0, 0.05) is 0 Å². The number of hydrogen-bond donors (Lipinski definition) is 0.